The number of halogens is 1. The van der Waals surface area contributed by atoms with E-state index in [-0.39, 0.29) is 12.5 Å². The summed E-state index contributed by atoms with van der Waals surface area (Å²) in [6.07, 6.45) is 2.48. The van der Waals surface area contributed by atoms with Crippen molar-refractivity contribution in [1.82, 2.24) is 0 Å². The van der Waals surface area contributed by atoms with Crippen LogP contribution < -0.4 is 15.0 Å². The zero-order valence-electron chi connectivity index (χ0n) is 14.4. The smallest absolute Gasteiger partial charge is 0.262 e. The van der Waals surface area contributed by atoms with E-state index in [0.29, 0.717) is 5.75 Å². The summed E-state index contributed by atoms with van der Waals surface area (Å²) in [5.74, 6) is 1.33. The van der Waals surface area contributed by atoms with Crippen LogP contribution in [0.4, 0.5) is 11.4 Å². The largest absolute Gasteiger partial charge is 0.484 e. The lowest BCUT2D eigenvalue weighted by Gasteiger charge is -2.32. The summed E-state index contributed by atoms with van der Waals surface area (Å²) in [7, 11) is 0. The van der Waals surface area contributed by atoms with Crippen molar-refractivity contribution < 1.29 is 9.53 Å². The lowest BCUT2D eigenvalue weighted by atomic mass is 9.99. The summed E-state index contributed by atoms with van der Waals surface area (Å²) in [6, 6.07) is 15.5. The van der Waals surface area contributed by atoms with Gasteiger partial charge in [-0.2, -0.15) is 0 Å². The minimum absolute atomic E-state index is 0.00655. The first-order valence-corrected chi connectivity index (χ1v) is 9.43. The number of nitrogens with zero attached hydrogens (tertiary/aromatic N) is 1. The van der Waals surface area contributed by atoms with Crippen LogP contribution in [0.5, 0.6) is 5.75 Å². The van der Waals surface area contributed by atoms with E-state index >= 15 is 0 Å². The molecule has 0 aromatic heterocycles. The summed E-state index contributed by atoms with van der Waals surface area (Å²) in [5, 5.41) is 2.87. The van der Waals surface area contributed by atoms with Crippen LogP contribution in [-0.4, -0.2) is 25.6 Å². The fourth-order valence-corrected chi connectivity index (χ4v) is 3.16. The van der Waals surface area contributed by atoms with Crippen molar-refractivity contribution in [1.29, 1.82) is 0 Å². The summed E-state index contributed by atoms with van der Waals surface area (Å²) >= 11 is 3.37. The van der Waals surface area contributed by atoms with Gasteiger partial charge in [0.15, 0.2) is 6.61 Å². The van der Waals surface area contributed by atoms with Gasteiger partial charge in [-0.3, -0.25) is 4.79 Å². The molecule has 25 heavy (non-hydrogen) atoms. The first-order valence-electron chi connectivity index (χ1n) is 8.63. The van der Waals surface area contributed by atoms with Crippen molar-refractivity contribution in [3.8, 4) is 5.75 Å². The fourth-order valence-electron chi connectivity index (χ4n) is 2.90. The first kappa shape index (κ1) is 17.8. The maximum Gasteiger partial charge on any atom is 0.262 e. The van der Waals surface area contributed by atoms with Crippen LogP contribution in [0.15, 0.2) is 53.0 Å². The molecule has 0 aliphatic carbocycles. The van der Waals surface area contributed by atoms with Gasteiger partial charge in [-0.05, 0) is 67.3 Å². The van der Waals surface area contributed by atoms with Crippen LogP contribution in [0.3, 0.4) is 0 Å². The number of piperidine rings is 1. The van der Waals surface area contributed by atoms with Gasteiger partial charge in [0.05, 0.1) is 0 Å². The second-order valence-electron chi connectivity index (χ2n) is 6.51. The number of anilines is 2. The van der Waals surface area contributed by atoms with E-state index in [9.17, 15) is 4.79 Å². The van der Waals surface area contributed by atoms with Crippen molar-refractivity contribution >= 4 is 33.2 Å². The number of hydrogen-bond donors (Lipinski definition) is 1. The molecular formula is C20H23BrN2O2. The van der Waals surface area contributed by atoms with Crippen molar-refractivity contribution in [2.45, 2.75) is 19.8 Å². The van der Waals surface area contributed by atoms with Gasteiger partial charge < -0.3 is 15.0 Å². The van der Waals surface area contributed by atoms with Gasteiger partial charge in [-0.1, -0.05) is 22.9 Å². The molecule has 0 spiro atoms. The zero-order chi connectivity index (χ0) is 17.6. The molecule has 1 fully saturated rings. The molecule has 1 heterocycles. The summed E-state index contributed by atoms with van der Waals surface area (Å²) in [5.41, 5.74) is 2.01. The normalized spacial score (nSPS) is 15.0. The second kappa shape index (κ2) is 8.39. The number of benzene rings is 2. The van der Waals surface area contributed by atoms with Gasteiger partial charge in [0.1, 0.15) is 5.75 Å². The minimum atomic E-state index is -0.164. The first-order chi connectivity index (χ1) is 12.1. The Morgan fingerprint density at radius 2 is 1.76 bits per heavy atom. The van der Waals surface area contributed by atoms with Crippen molar-refractivity contribution in [3.63, 3.8) is 0 Å². The molecule has 2 aromatic carbocycles. The molecule has 1 aliphatic rings. The number of carbonyl (C=O) groups is 1. The number of hydrogen-bond acceptors (Lipinski definition) is 3. The number of carbonyl (C=O) groups excluding carboxylic acids is 1. The summed E-state index contributed by atoms with van der Waals surface area (Å²) < 4.78 is 6.46. The van der Waals surface area contributed by atoms with E-state index in [0.717, 1.165) is 29.2 Å². The highest BCUT2D eigenvalue weighted by atomic mass is 79.9. The molecule has 4 nitrogen and oxygen atoms in total. The molecule has 1 amide bonds. The number of ether oxygens (including phenoxy) is 1. The Morgan fingerprint density at radius 3 is 2.40 bits per heavy atom. The SMILES string of the molecule is CC1CCN(c2ccc(NC(=O)COc3ccc(Br)cc3)cc2)CC1. The maximum atomic E-state index is 12.0. The van der Waals surface area contributed by atoms with Gasteiger partial charge in [-0.15, -0.1) is 0 Å². The molecule has 132 valence electrons. The Hall–Kier alpha value is -2.01. The fraction of sp³-hybridized carbons (Fsp3) is 0.350. The standard InChI is InChI=1S/C20H23BrN2O2/c1-15-10-12-23(13-11-15)18-6-4-17(5-7-18)22-20(24)14-25-19-8-2-16(21)3-9-19/h2-9,15H,10-14H2,1H3,(H,22,24). The van der Waals surface area contributed by atoms with E-state index < -0.39 is 0 Å². The number of amides is 1. The van der Waals surface area contributed by atoms with E-state index in [4.69, 9.17) is 4.74 Å². The van der Waals surface area contributed by atoms with Crippen LogP contribution in [0.2, 0.25) is 0 Å². The average molecular weight is 403 g/mol. The molecule has 1 aliphatic heterocycles. The highest BCUT2D eigenvalue weighted by Gasteiger charge is 2.15. The third kappa shape index (κ3) is 5.23. The van der Waals surface area contributed by atoms with E-state index in [1.165, 1.54) is 18.5 Å². The van der Waals surface area contributed by atoms with Crippen LogP contribution in [0.25, 0.3) is 0 Å². The highest BCUT2D eigenvalue weighted by molar-refractivity contribution is 9.10. The number of rotatable bonds is 5. The quantitative estimate of drug-likeness (QED) is 0.787. The van der Waals surface area contributed by atoms with Gasteiger partial charge in [-0.25, -0.2) is 0 Å². The lowest BCUT2D eigenvalue weighted by Crippen LogP contribution is -2.32. The van der Waals surface area contributed by atoms with Crippen LogP contribution in [0, 0.1) is 5.92 Å². The van der Waals surface area contributed by atoms with Crippen molar-refractivity contribution in [2.75, 3.05) is 29.9 Å². The Balaban J connectivity index is 1.49. The second-order valence-corrected chi connectivity index (χ2v) is 7.42. The van der Waals surface area contributed by atoms with Crippen LogP contribution >= 0.6 is 15.9 Å². The third-order valence-corrected chi connectivity index (χ3v) is 5.01. The minimum Gasteiger partial charge on any atom is -0.484 e. The summed E-state index contributed by atoms with van der Waals surface area (Å²) in [4.78, 5) is 14.4. The maximum absolute atomic E-state index is 12.0. The Kier molecular flexibility index (Phi) is 5.97. The van der Waals surface area contributed by atoms with Crippen LogP contribution in [-0.2, 0) is 4.79 Å². The lowest BCUT2D eigenvalue weighted by molar-refractivity contribution is -0.118. The third-order valence-electron chi connectivity index (χ3n) is 4.48. The van der Waals surface area contributed by atoms with Gasteiger partial charge in [0.2, 0.25) is 0 Å². The molecule has 0 radical (unpaired) electrons. The highest BCUT2D eigenvalue weighted by Crippen LogP contribution is 2.24. The van der Waals surface area contributed by atoms with Crippen molar-refractivity contribution in [2.24, 2.45) is 5.92 Å². The molecule has 2 aromatic rings. The summed E-state index contributed by atoms with van der Waals surface area (Å²) in [6.45, 7) is 4.52. The predicted octanol–water partition coefficient (Wildman–Crippen LogP) is 4.70. The molecular weight excluding hydrogens is 380 g/mol. The molecule has 5 heteroatoms. The molecule has 3 rings (SSSR count). The van der Waals surface area contributed by atoms with Crippen LogP contribution in [0.1, 0.15) is 19.8 Å². The van der Waals surface area contributed by atoms with E-state index in [1.54, 1.807) is 0 Å². The van der Waals surface area contributed by atoms with Crippen molar-refractivity contribution in [3.05, 3.63) is 53.0 Å². The molecule has 0 atom stereocenters. The monoisotopic (exact) mass is 402 g/mol. The van der Waals surface area contributed by atoms with Gasteiger partial charge in [0, 0.05) is 28.9 Å². The van der Waals surface area contributed by atoms with Gasteiger partial charge in [0.25, 0.3) is 5.91 Å². The van der Waals surface area contributed by atoms with E-state index in [1.807, 2.05) is 36.4 Å². The van der Waals surface area contributed by atoms with E-state index in [2.05, 4.69) is 45.2 Å². The molecule has 0 bridgehead atoms. The predicted molar refractivity (Wildman–Crippen MR) is 105 cm³/mol. The van der Waals surface area contributed by atoms with Gasteiger partial charge >= 0.3 is 0 Å². The zero-order valence-corrected chi connectivity index (χ0v) is 16.0. The Labute approximate surface area is 157 Å². The molecule has 0 saturated carbocycles. The average Bonchev–Trinajstić information content (AvgIpc) is 2.63. The molecule has 1 N–H and O–H groups in total. The topological polar surface area (TPSA) is 41.6 Å². The Morgan fingerprint density at radius 1 is 1.12 bits per heavy atom. The number of nitrogens with one attached hydrogen (secondary N) is 1. The molecule has 1 saturated heterocycles. The molecule has 0 unspecified atom stereocenters. The Bertz CT molecular complexity index is 693.